The summed E-state index contributed by atoms with van der Waals surface area (Å²) in [6.07, 6.45) is 0.447. The number of hydrogen-bond donors (Lipinski definition) is 0. The molecule has 3 rings (SSSR count). The van der Waals surface area contributed by atoms with E-state index in [1.165, 1.54) is 0 Å². The standard InChI is InChI=1S/C23H22O3/c1-4-21(24)18-9-14-22(25-19-10-5-16(2)6-11-19)23(15-18)26-20-12-7-17(3)8-13-20/h5-15H,4H2,1-3H3. The van der Waals surface area contributed by atoms with E-state index in [9.17, 15) is 4.79 Å². The summed E-state index contributed by atoms with van der Waals surface area (Å²) in [6.45, 7) is 5.90. The zero-order valence-electron chi connectivity index (χ0n) is 15.3. The van der Waals surface area contributed by atoms with Gasteiger partial charge < -0.3 is 9.47 Å². The highest BCUT2D eigenvalue weighted by molar-refractivity contribution is 5.96. The van der Waals surface area contributed by atoms with Crippen LogP contribution in [0.4, 0.5) is 0 Å². The lowest BCUT2D eigenvalue weighted by Gasteiger charge is -2.14. The molecule has 0 aliphatic heterocycles. The molecule has 3 heteroatoms. The van der Waals surface area contributed by atoms with Gasteiger partial charge in [0.2, 0.25) is 0 Å². The van der Waals surface area contributed by atoms with Gasteiger partial charge in [-0.25, -0.2) is 0 Å². The Morgan fingerprint density at radius 2 is 1.23 bits per heavy atom. The second-order valence-corrected chi connectivity index (χ2v) is 6.27. The van der Waals surface area contributed by atoms with E-state index in [0.717, 1.165) is 16.9 Å². The number of carbonyl (C=O) groups excluding carboxylic acids is 1. The molecule has 0 radical (unpaired) electrons. The molecule has 3 aromatic carbocycles. The van der Waals surface area contributed by atoms with E-state index in [0.29, 0.717) is 29.2 Å². The van der Waals surface area contributed by atoms with Crippen molar-refractivity contribution in [3.05, 3.63) is 83.4 Å². The topological polar surface area (TPSA) is 35.5 Å². The molecule has 3 aromatic rings. The zero-order valence-corrected chi connectivity index (χ0v) is 15.3. The maximum absolute atomic E-state index is 12.1. The van der Waals surface area contributed by atoms with E-state index in [2.05, 4.69) is 0 Å². The van der Waals surface area contributed by atoms with Gasteiger partial charge in [-0.15, -0.1) is 0 Å². The third-order valence-corrected chi connectivity index (χ3v) is 4.08. The van der Waals surface area contributed by atoms with Crippen molar-refractivity contribution in [2.45, 2.75) is 27.2 Å². The minimum atomic E-state index is 0.0700. The van der Waals surface area contributed by atoms with Gasteiger partial charge in [0.05, 0.1) is 0 Å². The number of rotatable bonds is 6. The van der Waals surface area contributed by atoms with E-state index in [4.69, 9.17) is 9.47 Å². The average Bonchev–Trinajstić information content (AvgIpc) is 2.66. The summed E-state index contributed by atoms with van der Waals surface area (Å²) in [5, 5.41) is 0. The quantitative estimate of drug-likeness (QED) is 0.479. The fourth-order valence-corrected chi connectivity index (χ4v) is 2.52. The van der Waals surface area contributed by atoms with Gasteiger partial charge >= 0.3 is 0 Å². The maximum Gasteiger partial charge on any atom is 0.170 e. The Balaban J connectivity index is 1.94. The Bertz CT molecular complexity index is 894. The molecule has 0 saturated carbocycles. The smallest absolute Gasteiger partial charge is 0.170 e. The summed E-state index contributed by atoms with van der Waals surface area (Å²) in [7, 11) is 0. The molecule has 0 aliphatic carbocycles. The fraction of sp³-hybridized carbons (Fsp3) is 0.174. The number of carbonyl (C=O) groups is 1. The Hall–Kier alpha value is -3.07. The van der Waals surface area contributed by atoms with Crippen molar-refractivity contribution >= 4 is 5.78 Å². The van der Waals surface area contributed by atoms with Gasteiger partial charge in [-0.05, 0) is 56.3 Å². The molecule has 0 fully saturated rings. The molecule has 0 amide bonds. The van der Waals surface area contributed by atoms with Crippen LogP contribution in [0.15, 0.2) is 66.7 Å². The molecule has 0 atom stereocenters. The largest absolute Gasteiger partial charge is 0.453 e. The van der Waals surface area contributed by atoms with Gasteiger partial charge in [0, 0.05) is 12.0 Å². The van der Waals surface area contributed by atoms with E-state index >= 15 is 0 Å². The lowest BCUT2D eigenvalue weighted by Crippen LogP contribution is -1.98. The molecule has 0 N–H and O–H groups in total. The third kappa shape index (κ3) is 4.31. The molecular formula is C23H22O3. The lowest BCUT2D eigenvalue weighted by molar-refractivity contribution is 0.0988. The predicted octanol–water partition coefficient (Wildman–Crippen LogP) is 6.48. The number of aryl methyl sites for hydroxylation is 2. The van der Waals surface area contributed by atoms with E-state index in [1.54, 1.807) is 18.2 Å². The van der Waals surface area contributed by atoms with Crippen LogP contribution in [-0.4, -0.2) is 5.78 Å². The maximum atomic E-state index is 12.1. The summed E-state index contributed by atoms with van der Waals surface area (Å²) in [5.74, 6) is 2.58. The first kappa shape index (κ1) is 17.7. The molecule has 132 valence electrons. The summed E-state index contributed by atoms with van der Waals surface area (Å²) < 4.78 is 12.0. The van der Waals surface area contributed by atoms with Crippen LogP contribution >= 0.6 is 0 Å². The van der Waals surface area contributed by atoms with Gasteiger partial charge in [-0.2, -0.15) is 0 Å². The van der Waals surface area contributed by atoms with Crippen molar-refractivity contribution in [1.29, 1.82) is 0 Å². The normalized spacial score (nSPS) is 10.4. The van der Waals surface area contributed by atoms with Crippen LogP contribution < -0.4 is 9.47 Å². The van der Waals surface area contributed by atoms with Crippen LogP contribution in [0.1, 0.15) is 34.8 Å². The molecule has 26 heavy (non-hydrogen) atoms. The van der Waals surface area contributed by atoms with E-state index < -0.39 is 0 Å². The molecular weight excluding hydrogens is 324 g/mol. The first-order valence-corrected chi connectivity index (χ1v) is 8.71. The summed E-state index contributed by atoms with van der Waals surface area (Å²) in [4.78, 5) is 12.1. The average molecular weight is 346 g/mol. The van der Waals surface area contributed by atoms with Crippen LogP contribution in [0.2, 0.25) is 0 Å². The number of hydrogen-bond acceptors (Lipinski definition) is 3. The second-order valence-electron chi connectivity index (χ2n) is 6.27. The highest BCUT2D eigenvalue weighted by atomic mass is 16.5. The molecule has 0 spiro atoms. The van der Waals surface area contributed by atoms with Crippen molar-refractivity contribution in [1.82, 2.24) is 0 Å². The van der Waals surface area contributed by atoms with Crippen molar-refractivity contribution in [2.75, 3.05) is 0 Å². The molecule has 0 heterocycles. The predicted molar refractivity (Wildman–Crippen MR) is 104 cm³/mol. The summed E-state index contributed by atoms with van der Waals surface area (Å²) >= 11 is 0. The van der Waals surface area contributed by atoms with Gasteiger partial charge in [0.15, 0.2) is 17.3 Å². The minimum absolute atomic E-state index is 0.0700. The molecule has 0 saturated heterocycles. The summed E-state index contributed by atoms with van der Waals surface area (Å²) in [5.41, 5.74) is 2.94. The van der Waals surface area contributed by atoms with Crippen molar-refractivity contribution in [3.63, 3.8) is 0 Å². The second kappa shape index (κ2) is 7.87. The van der Waals surface area contributed by atoms with Crippen molar-refractivity contribution in [3.8, 4) is 23.0 Å². The van der Waals surface area contributed by atoms with Crippen LogP contribution in [0, 0.1) is 13.8 Å². The van der Waals surface area contributed by atoms with Gasteiger partial charge in [0.25, 0.3) is 0 Å². The van der Waals surface area contributed by atoms with Crippen molar-refractivity contribution < 1.29 is 14.3 Å². The van der Waals surface area contributed by atoms with Gasteiger partial charge in [0.1, 0.15) is 11.5 Å². The van der Waals surface area contributed by atoms with Crippen LogP contribution in [0.5, 0.6) is 23.0 Å². The van der Waals surface area contributed by atoms with E-state index in [-0.39, 0.29) is 5.78 Å². The zero-order chi connectivity index (χ0) is 18.5. The number of Topliss-reactive ketones (excluding diaryl/α,β-unsaturated/α-hetero) is 1. The lowest BCUT2D eigenvalue weighted by atomic mass is 10.1. The monoisotopic (exact) mass is 346 g/mol. The number of benzene rings is 3. The molecule has 3 nitrogen and oxygen atoms in total. The van der Waals surface area contributed by atoms with Gasteiger partial charge in [-0.1, -0.05) is 42.3 Å². The molecule has 0 bridgehead atoms. The Labute approximate surface area is 154 Å². The van der Waals surface area contributed by atoms with Crippen LogP contribution in [0.25, 0.3) is 0 Å². The SMILES string of the molecule is CCC(=O)c1ccc(Oc2ccc(C)cc2)c(Oc2ccc(C)cc2)c1. The fourth-order valence-electron chi connectivity index (χ4n) is 2.52. The van der Waals surface area contributed by atoms with Gasteiger partial charge in [-0.3, -0.25) is 4.79 Å². The van der Waals surface area contributed by atoms with E-state index in [1.807, 2.05) is 69.3 Å². The first-order chi connectivity index (χ1) is 12.5. The number of ether oxygens (including phenoxy) is 2. The highest BCUT2D eigenvalue weighted by Gasteiger charge is 2.12. The number of ketones is 1. The molecule has 0 unspecified atom stereocenters. The third-order valence-electron chi connectivity index (χ3n) is 4.08. The minimum Gasteiger partial charge on any atom is -0.453 e. The Morgan fingerprint density at radius 1 is 0.731 bits per heavy atom. The highest BCUT2D eigenvalue weighted by Crippen LogP contribution is 2.36. The first-order valence-electron chi connectivity index (χ1n) is 8.71. The Morgan fingerprint density at radius 3 is 1.73 bits per heavy atom. The Kier molecular flexibility index (Phi) is 5.37. The molecule has 0 aromatic heterocycles. The van der Waals surface area contributed by atoms with Crippen LogP contribution in [0.3, 0.4) is 0 Å². The van der Waals surface area contributed by atoms with Crippen molar-refractivity contribution in [2.24, 2.45) is 0 Å². The summed E-state index contributed by atoms with van der Waals surface area (Å²) in [6, 6.07) is 20.9. The molecule has 0 aliphatic rings. The van der Waals surface area contributed by atoms with Crippen LogP contribution in [-0.2, 0) is 0 Å².